The predicted octanol–water partition coefficient (Wildman–Crippen LogP) is 5.77. The van der Waals surface area contributed by atoms with Crippen LogP contribution >= 0.6 is 0 Å². The van der Waals surface area contributed by atoms with Gasteiger partial charge in [-0.1, -0.05) is 6.07 Å². The van der Waals surface area contributed by atoms with E-state index in [0.717, 1.165) is 12.1 Å². The number of hydrogen-bond donors (Lipinski definition) is 1. The summed E-state index contributed by atoms with van der Waals surface area (Å²) in [5.74, 6) is -2.20. The molecular weight excluding hydrogens is 438 g/mol. The van der Waals surface area contributed by atoms with Crippen molar-refractivity contribution in [3.05, 3.63) is 70.3 Å². The molecule has 0 saturated carbocycles. The van der Waals surface area contributed by atoms with Crippen LogP contribution in [0.15, 0.2) is 36.4 Å². The van der Waals surface area contributed by atoms with Crippen LogP contribution in [-0.2, 0) is 21.8 Å². The Morgan fingerprint density at radius 1 is 0.935 bits per heavy atom. The molecule has 1 N–H and O–H groups in total. The van der Waals surface area contributed by atoms with Crippen molar-refractivity contribution in [2.45, 2.75) is 37.7 Å². The van der Waals surface area contributed by atoms with Crippen LogP contribution in [0.4, 0.5) is 35.1 Å². The highest BCUT2D eigenvalue weighted by Gasteiger charge is 2.38. The van der Waals surface area contributed by atoms with Crippen molar-refractivity contribution in [1.82, 2.24) is 5.32 Å². The highest BCUT2D eigenvalue weighted by Crippen LogP contribution is 2.38. The second kappa shape index (κ2) is 8.71. The van der Waals surface area contributed by atoms with Crippen LogP contribution in [0.5, 0.6) is 0 Å². The number of rotatable bonds is 4. The quantitative estimate of drug-likeness (QED) is 0.594. The van der Waals surface area contributed by atoms with E-state index in [-0.39, 0.29) is 23.8 Å². The smallest absolute Gasteiger partial charge is 0.349 e. The van der Waals surface area contributed by atoms with Gasteiger partial charge in [-0.15, -0.1) is 0 Å². The van der Waals surface area contributed by atoms with E-state index in [0.29, 0.717) is 18.7 Å². The first-order chi connectivity index (χ1) is 14.4. The summed E-state index contributed by atoms with van der Waals surface area (Å²) in [5, 5.41) is 2.96. The highest BCUT2D eigenvalue weighted by molar-refractivity contribution is 5.34. The average molecular weight is 455 g/mol. The maximum absolute atomic E-state index is 13.6. The first kappa shape index (κ1) is 23.4. The molecule has 0 spiro atoms. The maximum atomic E-state index is 13.6. The molecule has 3 atom stereocenters. The van der Waals surface area contributed by atoms with Gasteiger partial charge in [0.1, 0.15) is 0 Å². The van der Waals surface area contributed by atoms with E-state index in [1.54, 1.807) is 0 Å². The van der Waals surface area contributed by atoms with Crippen molar-refractivity contribution in [3.8, 4) is 0 Å². The van der Waals surface area contributed by atoms with E-state index >= 15 is 0 Å². The number of benzene rings is 2. The molecule has 0 aromatic heterocycles. The number of alkyl halides is 6. The molecule has 1 fully saturated rings. The van der Waals surface area contributed by atoms with Gasteiger partial charge in [-0.25, -0.2) is 8.78 Å². The Morgan fingerprint density at radius 2 is 1.55 bits per heavy atom. The van der Waals surface area contributed by atoms with Crippen LogP contribution in [0.3, 0.4) is 0 Å². The van der Waals surface area contributed by atoms with Gasteiger partial charge in [0.05, 0.1) is 29.9 Å². The summed E-state index contributed by atoms with van der Waals surface area (Å²) in [6.45, 7) is 1.73. The molecule has 0 radical (unpaired) electrons. The fourth-order valence-electron chi connectivity index (χ4n) is 3.17. The minimum atomic E-state index is -4.99. The Hall–Kier alpha value is -2.24. The Morgan fingerprint density at radius 3 is 2.10 bits per heavy atom. The van der Waals surface area contributed by atoms with Crippen molar-refractivity contribution in [2.24, 2.45) is 0 Å². The topological polar surface area (TPSA) is 30.5 Å². The Labute approximate surface area is 172 Å². The maximum Gasteiger partial charge on any atom is 0.416 e. The zero-order chi connectivity index (χ0) is 23.0. The molecule has 2 aromatic rings. The van der Waals surface area contributed by atoms with Crippen molar-refractivity contribution in [1.29, 1.82) is 0 Å². The Bertz CT molecular complexity index is 896. The number of nitrogens with one attached hydrogen (secondary N) is 1. The molecule has 3 rings (SSSR count). The van der Waals surface area contributed by atoms with Gasteiger partial charge >= 0.3 is 12.4 Å². The van der Waals surface area contributed by atoms with Gasteiger partial charge < -0.3 is 14.8 Å². The summed E-state index contributed by atoms with van der Waals surface area (Å²) in [5.41, 5.74) is -3.04. The van der Waals surface area contributed by atoms with Crippen LogP contribution in [0.1, 0.15) is 41.3 Å². The molecule has 3 nitrogen and oxygen atoms in total. The summed E-state index contributed by atoms with van der Waals surface area (Å²) in [4.78, 5) is 0. The lowest BCUT2D eigenvalue weighted by molar-refractivity contribution is -0.200. The van der Waals surface area contributed by atoms with Crippen LogP contribution in [0.2, 0.25) is 0 Å². The number of halogens is 8. The highest BCUT2D eigenvalue weighted by atomic mass is 19.4. The van der Waals surface area contributed by atoms with E-state index in [4.69, 9.17) is 9.47 Å². The summed E-state index contributed by atoms with van der Waals surface area (Å²) in [6.07, 6.45) is -12.4. The molecule has 1 heterocycles. The van der Waals surface area contributed by atoms with Crippen molar-refractivity contribution in [2.75, 3.05) is 13.2 Å². The molecule has 1 saturated heterocycles. The monoisotopic (exact) mass is 455 g/mol. The number of ether oxygens (including phenoxy) is 2. The predicted molar refractivity (Wildman–Crippen MR) is 92.8 cm³/mol. The Kier molecular flexibility index (Phi) is 6.59. The molecule has 31 heavy (non-hydrogen) atoms. The molecule has 1 aliphatic rings. The fourth-order valence-corrected chi connectivity index (χ4v) is 3.17. The van der Waals surface area contributed by atoms with Gasteiger partial charge in [0.25, 0.3) is 0 Å². The van der Waals surface area contributed by atoms with Crippen LogP contribution in [0, 0.1) is 11.6 Å². The van der Waals surface area contributed by atoms with E-state index in [2.05, 4.69) is 5.32 Å². The number of hydrogen-bond acceptors (Lipinski definition) is 3. The normalized spacial score (nSPS) is 21.2. The fraction of sp³-hybridized carbons (Fsp3) is 0.400. The molecular formula is C20H17F8NO2. The van der Waals surface area contributed by atoms with Gasteiger partial charge in [-0.05, 0) is 48.4 Å². The molecule has 0 amide bonds. The van der Waals surface area contributed by atoms with E-state index in [9.17, 15) is 35.1 Å². The van der Waals surface area contributed by atoms with Gasteiger partial charge in [0, 0.05) is 6.54 Å². The van der Waals surface area contributed by atoms with Crippen LogP contribution in [-0.4, -0.2) is 19.4 Å². The van der Waals surface area contributed by atoms with E-state index < -0.39 is 53.5 Å². The van der Waals surface area contributed by atoms with Gasteiger partial charge in [-0.2, -0.15) is 26.3 Å². The van der Waals surface area contributed by atoms with Gasteiger partial charge in [0.15, 0.2) is 17.9 Å². The second-order valence-electron chi connectivity index (χ2n) is 6.96. The van der Waals surface area contributed by atoms with Crippen LogP contribution < -0.4 is 5.32 Å². The first-order valence-electron chi connectivity index (χ1n) is 9.11. The van der Waals surface area contributed by atoms with Gasteiger partial charge in [0.2, 0.25) is 0 Å². The molecule has 0 bridgehead atoms. The third-order valence-electron chi connectivity index (χ3n) is 4.74. The zero-order valence-corrected chi connectivity index (χ0v) is 16.0. The third kappa shape index (κ3) is 5.52. The van der Waals surface area contributed by atoms with Crippen molar-refractivity contribution in [3.63, 3.8) is 0 Å². The zero-order valence-electron chi connectivity index (χ0n) is 16.0. The average Bonchev–Trinajstić information content (AvgIpc) is 2.69. The van der Waals surface area contributed by atoms with Crippen molar-refractivity contribution < 1.29 is 44.6 Å². The minimum absolute atomic E-state index is 0.0268. The summed E-state index contributed by atoms with van der Waals surface area (Å²) >= 11 is 0. The molecule has 0 unspecified atom stereocenters. The third-order valence-corrected chi connectivity index (χ3v) is 4.74. The van der Waals surface area contributed by atoms with Crippen molar-refractivity contribution >= 4 is 0 Å². The lowest BCUT2D eigenvalue weighted by Gasteiger charge is -2.35. The Balaban J connectivity index is 1.89. The summed E-state index contributed by atoms with van der Waals surface area (Å²) < 4.78 is 117. The summed E-state index contributed by atoms with van der Waals surface area (Å²) in [6, 6.07) is 3.43. The molecule has 1 aliphatic heterocycles. The molecule has 11 heteroatoms. The van der Waals surface area contributed by atoms with Crippen LogP contribution in [0.25, 0.3) is 0 Å². The lowest BCUT2D eigenvalue weighted by atomic mass is 10.0. The lowest BCUT2D eigenvalue weighted by Crippen LogP contribution is -2.43. The van der Waals surface area contributed by atoms with E-state index in [1.807, 2.05) is 0 Å². The molecule has 170 valence electrons. The minimum Gasteiger partial charge on any atom is -0.349 e. The molecule has 2 aromatic carbocycles. The largest absolute Gasteiger partial charge is 0.416 e. The van der Waals surface area contributed by atoms with E-state index in [1.165, 1.54) is 13.0 Å². The standard InChI is InChI=1S/C20H17F8NO2/c1-10(12-6-13(19(23,24)25)9-14(7-12)20(26,27)28)31-18-17(29-4-5-30-18)11-2-3-15(21)16(22)8-11/h2-3,6-10,17-18,29H,4-5H2,1H3/t10-,17+,18-/m1/s1. The molecule has 0 aliphatic carbocycles. The second-order valence-corrected chi connectivity index (χ2v) is 6.96. The van der Waals surface area contributed by atoms with Gasteiger partial charge in [-0.3, -0.25) is 0 Å². The summed E-state index contributed by atoms with van der Waals surface area (Å²) in [7, 11) is 0. The number of morpholine rings is 1. The SMILES string of the molecule is C[C@@H](O[C@H]1OCCN[C@H]1c1ccc(F)c(F)c1)c1cc(C(F)(F)F)cc(C(F)(F)F)c1. The first-order valence-corrected chi connectivity index (χ1v) is 9.11.